The van der Waals surface area contributed by atoms with Crippen LogP contribution in [0.2, 0.25) is 0 Å². The Kier molecular flexibility index (Phi) is 5.69. The lowest BCUT2D eigenvalue weighted by Gasteiger charge is -2.11. The fourth-order valence-corrected chi connectivity index (χ4v) is 2.76. The molecule has 0 atom stereocenters. The number of ether oxygens (including phenoxy) is 1. The highest BCUT2D eigenvalue weighted by atomic mass is 16.5. The zero-order valence-corrected chi connectivity index (χ0v) is 15.6. The van der Waals surface area contributed by atoms with Crippen molar-refractivity contribution in [3.8, 4) is 0 Å². The fourth-order valence-electron chi connectivity index (χ4n) is 2.76. The number of esters is 1. The molecule has 28 heavy (non-hydrogen) atoms. The van der Waals surface area contributed by atoms with Gasteiger partial charge in [-0.3, -0.25) is 9.59 Å². The summed E-state index contributed by atoms with van der Waals surface area (Å²) in [4.78, 5) is 37.8. The molecule has 0 spiro atoms. The van der Waals surface area contributed by atoms with Crippen LogP contribution in [0.5, 0.6) is 0 Å². The van der Waals surface area contributed by atoms with Crippen molar-refractivity contribution in [2.45, 2.75) is 0 Å². The van der Waals surface area contributed by atoms with Gasteiger partial charge in [-0.2, -0.15) is 0 Å². The van der Waals surface area contributed by atoms with Gasteiger partial charge in [-0.15, -0.1) is 0 Å². The monoisotopic (exact) mass is 376 g/mol. The molecule has 3 rings (SSSR count). The summed E-state index contributed by atoms with van der Waals surface area (Å²) >= 11 is 0. The number of carbonyl (C=O) groups is 3. The first-order chi connectivity index (χ1) is 13.5. The van der Waals surface area contributed by atoms with Crippen LogP contribution in [0.25, 0.3) is 10.8 Å². The molecule has 0 saturated heterocycles. The Bertz CT molecular complexity index is 1020. The maximum absolute atomic E-state index is 12.4. The lowest BCUT2D eigenvalue weighted by molar-refractivity contribution is -0.119. The van der Waals surface area contributed by atoms with Crippen molar-refractivity contribution in [1.29, 1.82) is 0 Å². The predicted octanol–water partition coefficient (Wildman–Crippen LogP) is 3.34. The van der Waals surface area contributed by atoms with Gasteiger partial charge in [-0.05, 0) is 41.1 Å². The van der Waals surface area contributed by atoms with Gasteiger partial charge in [0.2, 0.25) is 0 Å². The highest BCUT2D eigenvalue weighted by Gasteiger charge is 2.13. The number of carbonyl (C=O) groups excluding carboxylic acids is 3. The van der Waals surface area contributed by atoms with Gasteiger partial charge in [0.15, 0.2) is 6.61 Å². The molecule has 0 aliphatic rings. The maximum Gasteiger partial charge on any atom is 0.339 e. The van der Waals surface area contributed by atoms with Crippen LogP contribution in [-0.2, 0) is 9.53 Å². The van der Waals surface area contributed by atoms with Crippen LogP contribution in [0.4, 0.5) is 5.69 Å². The smallest absolute Gasteiger partial charge is 0.339 e. The number of hydrogen-bond acceptors (Lipinski definition) is 4. The predicted molar refractivity (Wildman–Crippen MR) is 107 cm³/mol. The van der Waals surface area contributed by atoms with E-state index in [2.05, 4.69) is 5.32 Å². The summed E-state index contributed by atoms with van der Waals surface area (Å²) < 4.78 is 5.15. The average molecular weight is 376 g/mol. The van der Waals surface area contributed by atoms with E-state index in [1.54, 1.807) is 50.5 Å². The molecule has 1 N–H and O–H groups in total. The Morgan fingerprint density at radius 3 is 2.29 bits per heavy atom. The first-order valence-electron chi connectivity index (χ1n) is 8.72. The van der Waals surface area contributed by atoms with Crippen molar-refractivity contribution in [2.75, 3.05) is 26.0 Å². The molecule has 6 heteroatoms. The molecule has 3 aromatic carbocycles. The van der Waals surface area contributed by atoms with E-state index >= 15 is 0 Å². The Balaban J connectivity index is 1.59. The first kappa shape index (κ1) is 19.1. The standard InChI is InChI=1S/C22H20N2O4/c1-24(2)21(26)16-10-12-17(13-11-16)23-20(25)14-28-22(27)19-9-5-7-15-6-3-4-8-18(15)19/h3-13H,14H2,1-2H3,(H,23,25). The summed E-state index contributed by atoms with van der Waals surface area (Å²) in [6.45, 7) is -0.402. The molecule has 0 unspecified atom stereocenters. The van der Waals surface area contributed by atoms with E-state index in [-0.39, 0.29) is 5.91 Å². The number of hydrogen-bond donors (Lipinski definition) is 1. The van der Waals surface area contributed by atoms with Crippen molar-refractivity contribution in [3.05, 3.63) is 77.9 Å². The summed E-state index contributed by atoms with van der Waals surface area (Å²) in [5.74, 6) is -1.14. The van der Waals surface area contributed by atoms with Crippen LogP contribution in [0.15, 0.2) is 66.7 Å². The molecule has 142 valence electrons. The summed E-state index contributed by atoms with van der Waals surface area (Å²) in [5, 5.41) is 4.34. The molecule has 0 radical (unpaired) electrons. The Morgan fingerprint density at radius 2 is 1.57 bits per heavy atom. The van der Waals surface area contributed by atoms with Crippen LogP contribution in [0.3, 0.4) is 0 Å². The molecule has 6 nitrogen and oxygen atoms in total. The molecule has 0 saturated carbocycles. The SMILES string of the molecule is CN(C)C(=O)c1ccc(NC(=O)COC(=O)c2cccc3ccccc23)cc1. The van der Waals surface area contributed by atoms with E-state index in [4.69, 9.17) is 4.74 Å². The van der Waals surface area contributed by atoms with Gasteiger partial charge < -0.3 is 15.0 Å². The maximum atomic E-state index is 12.4. The number of nitrogens with one attached hydrogen (secondary N) is 1. The van der Waals surface area contributed by atoms with Crippen molar-refractivity contribution in [2.24, 2.45) is 0 Å². The zero-order chi connectivity index (χ0) is 20.1. The largest absolute Gasteiger partial charge is 0.452 e. The minimum absolute atomic E-state index is 0.123. The number of benzene rings is 3. The highest BCUT2D eigenvalue weighted by Crippen LogP contribution is 2.19. The van der Waals surface area contributed by atoms with Gasteiger partial charge in [0.25, 0.3) is 11.8 Å². The third-order valence-electron chi connectivity index (χ3n) is 4.17. The zero-order valence-electron chi connectivity index (χ0n) is 15.6. The Labute approximate surface area is 162 Å². The average Bonchev–Trinajstić information content (AvgIpc) is 2.71. The summed E-state index contributed by atoms with van der Waals surface area (Å²) in [6, 6.07) is 19.3. The third-order valence-corrected chi connectivity index (χ3v) is 4.17. The minimum atomic E-state index is -0.557. The third kappa shape index (κ3) is 4.35. The number of rotatable bonds is 5. The van der Waals surface area contributed by atoms with Crippen molar-refractivity contribution >= 4 is 34.2 Å². The van der Waals surface area contributed by atoms with Gasteiger partial charge in [0, 0.05) is 25.3 Å². The lowest BCUT2D eigenvalue weighted by Crippen LogP contribution is -2.22. The van der Waals surface area contributed by atoms with Crippen molar-refractivity contribution in [1.82, 2.24) is 4.90 Å². The van der Waals surface area contributed by atoms with Crippen LogP contribution >= 0.6 is 0 Å². The topological polar surface area (TPSA) is 75.7 Å². The van der Waals surface area contributed by atoms with E-state index in [0.29, 0.717) is 16.8 Å². The minimum Gasteiger partial charge on any atom is -0.452 e. The molecule has 0 aliphatic heterocycles. The quantitative estimate of drug-likeness (QED) is 0.693. The second-order valence-corrected chi connectivity index (χ2v) is 6.43. The van der Waals surface area contributed by atoms with E-state index in [0.717, 1.165) is 10.8 Å². The van der Waals surface area contributed by atoms with Crippen molar-refractivity contribution in [3.63, 3.8) is 0 Å². The molecule has 0 aliphatic carbocycles. The van der Waals surface area contributed by atoms with E-state index < -0.39 is 18.5 Å². The van der Waals surface area contributed by atoms with Crippen LogP contribution in [0.1, 0.15) is 20.7 Å². The van der Waals surface area contributed by atoms with Gasteiger partial charge in [0.1, 0.15) is 0 Å². The van der Waals surface area contributed by atoms with Gasteiger partial charge >= 0.3 is 5.97 Å². The normalized spacial score (nSPS) is 10.4. The second kappa shape index (κ2) is 8.35. The van der Waals surface area contributed by atoms with Crippen molar-refractivity contribution < 1.29 is 19.1 Å². The van der Waals surface area contributed by atoms with Gasteiger partial charge in [0.05, 0.1) is 5.56 Å². The summed E-state index contributed by atoms with van der Waals surface area (Å²) in [6.07, 6.45) is 0. The number of anilines is 1. The van der Waals surface area contributed by atoms with Crippen LogP contribution in [0, 0.1) is 0 Å². The van der Waals surface area contributed by atoms with E-state index in [9.17, 15) is 14.4 Å². The summed E-state index contributed by atoms with van der Waals surface area (Å²) in [7, 11) is 3.34. The van der Waals surface area contributed by atoms with Gasteiger partial charge in [-0.25, -0.2) is 4.79 Å². The molecule has 3 aromatic rings. The molecule has 0 aromatic heterocycles. The first-order valence-corrected chi connectivity index (χ1v) is 8.72. The van der Waals surface area contributed by atoms with Crippen LogP contribution in [-0.4, -0.2) is 43.4 Å². The van der Waals surface area contributed by atoms with Gasteiger partial charge in [-0.1, -0.05) is 36.4 Å². The van der Waals surface area contributed by atoms with E-state index in [1.165, 1.54) is 4.90 Å². The van der Waals surface area contributed by atoms with Crippen LogP contribution < -0.4 is 5.32 Å². The summed E-state index contributed by atoms with van der Waals surface area (Å²) in [5.41, 5.74) is 1.45. The molecule has 2 amide bonds. The molecule has 0 heterocycles. The number of amides is 2. The number of nitrogens with zero attached hydrogens (tertiary/aromatic N) is 1. The molecule has 0 bridgehead atoms. The van der Waals surface area contributed by atoms with E-state index in [1.807, 2.05) is 30.3 Å². The highest BCUT2D eigenvalue weighted by molar-refractivity contribution is 6.05. The molecular weight excluding hydrogens is 356 g/mol. The fraction of sp³-hybridized carbons (Fsp3) is 0.136. The number of fused-ring (bicyclic) bond motifs is 1. The molecule has 0 fully saturated rings. The Morgan fingerprint density at radius 1 is 0.893 bits per heavy atom. The lowest BCUT2D eigenvalue weighted by atomic mass is 10.1. The Hall–Kier alpha value is -3.67. The molecular formula is C22H20N2O4. The second-order valence-electron chi connectivity index (χ2n) is 6.43.